The largest absolute Gasteiger partial charge is 0.491 e. The van der Waals surface area contributed by atoms with Crippen LogP contribution in [-0.2, 0) is 4.74 Å². The van der Waals surface area contributed by atoms with Gasteiger partial charge >= 0.3 is 0 Å². The molecule has 0 bridgehead atoms. The Kier molecular flexibility index (Phi) is 2.35. The molecule has 13 heavy (non-hydrogen) atoms. The normalized spacial score (nSPS) is 22.5. The molecule has 68 valence electrons. The van der Waals surface area contributed by atoms with Gasteiger partial charge in [-0.05, 0) is 18.4 Å². The Balaban J connectivity index is 2.13. The summed E-state index contributed by atoms with van der Waals surface area (Å²) in [4.78, 5) is 0. The van der Waals surface area contributed by atoms with Gasteiger partial charge in [-0.25, -0.2) is 0 Å². The van der Waals surface area contributed by atoms with Crippen molar-refractivity contribution in [1.82, 2.24) is 0 Å². The highest BCUT2D eigenvalue weighted by molar-refractivity contribution is 5.18. The first kappa shape index (κ1) is 8.36. The number of rotatable bonds is 1. The Bertz CT molecular complexity index is 289. The molecule has 1 nitrogen and oxygen atoms in total. The van der Waals surface area contributed by atoms with Crippen molar-refractivity contribution in [2.75, 3.05) is 0 Å². The van der Waals surface area contributed by atoms with Crippen molar-refractivity contribution >= 4 is 0 Å². The number of ether oxygens (including phenoxy) is 1. The molecule has 1 aliphatic rings. The van der Waals surface area contributed by atoms with Crippen molar-refractivity contribution in [1.29, 1.82) is 0 Å². The minimum Gasteiger partial charge on any atom is -0.491 e. The summed E-state index contributed by atoms with van der Waals surface area (Å²) < 4.78 is 5.68. The van der Waals surface area contributed by atoms with Gasteiger partial charge in [0.05, 0.1) is 5.76 Å². The minimum absolute atomic E-state index is 0.238. The summed E-state index contributed by atoms with van der Waals surface area (Å²) in [6.45, 7) is 3.87. The van der Waals surface area contributed by atoms with E-state index in [1.54, 1.807) is 0 Å². The zero-order chi connectivity index (χ0) is 9.10. The van der Waals surface area contributed by atoms with E-state index in [2.05, 4.69) is 30.8 Å². The lowest BCUT2D eigenvalue weighted by molar-refractivity contribution is 0.0744. The fraction of sp³-hybridized carbons (Fsp3) is 0.333. The first-order valence-corrected chi connectivity index (χ1v) is 4.75. The molecule has 1 heteroatoms. The Labute approximate surface area is 79.0 Å². The third-order valence-electron chi connectivity index (χ3n) is 2.40. The molecule has 1 aromatic rings. The highest BCUT2D eigenvalue weighted by Crippen LogP contribution is 2.31. The van der Waals surface area contributed by atoms with Gasteiger partial charge in [0.1, 0.15) is 6.10 Å². The number of benzene rings is 1. The molecule has 0 amide bonds. The summed E-state index contributed by atoms with van der Waals surface area (Å²) in [7, 11) is 0. The fourth-order valence-electron chi connectivity index (χ4n) is 1.71. The van der Waals surface area contributed by atoms with E-state index in [-0.39, 0.29) is 6.10 Å². The molecule has 1 atom stereocenters. The molecule has 0 unspecified atom stereocenters. The molecule has 0 aliphatic carbocycles. The van der Waals surface area contributed by atoms with Crippen LogP contribution in [0.1, 0.15) is 30.9 Å². The van der Waals surface area contributed by atoms with Crippen LogP contribution in [0.25, 0.3) is 0 Å². The Morgan fingerprint density at radius 3 is 2.69 bits per heavy atom. The quantitative estimate of drug-likeness (QED) is 0.633. The molecule has 0 aromatic heterocycles. The summed E-state index contributed by atoms with van der Waals surface area (Å²) in [6.07, 6.45) is 3.56. The second kappa shape index (κ2) is 3.65. The molecule has 1 fully saturated rings. The van der Waals surface area contributed by atoms with Crippen molar-refractivity contribution in [3.05, 3.63) is 48.2 Å². The van der Waals surface area contributed by atoms with Crippen LogP contribution in [-0.4, -0.2) is 0 Å². The SMILES string of the molecule is C=C1CCC[C@H](c2ccccc2)O1. The monoisotopic (exact) mass is 174 g/mol. The number of allylic oxidation sites excluding steroid dienone is 1. The third kappa shape index (κ3) is 1.92. The lowest BCUT2D eigenvalue weighted by Crippen LogP contribution is -2.09. The second-order valence-corrected chi connectivity index (χ2v) is 3.45. The summed E-state index contributed by atoms with van der Waals surface area (Å²) >= 11 is 0. The molecule has 1 heterocycles. The van der Waals surface area contributed by atoms with Crippen molar-refractivity contribution in [3.8, 4) is 0 Å². The van der Waals surface area contributed by atoms with Gasteiger partial charge < -0.3 is 4.74 Å². The average molecular weight is 174 g/mol. The zero-order valence-electron chi connectivity index (χ0n) is 7.70. The molecule has 0 N–H and O–H groups in total. The van der Waals surface area contributed by atoms with Crippen LogP contribution < -0.4 is 0 Å². The van der Waals surface area contributed by atoms with Gasteiger partial charge in [-0.1, -0.05) is 36.9 Å². The fourth-order valence-corrected chi connectivity index (χ4v) is 1.71. The molecule has 0 saturated carbocycles. The average Bonchev–Trinajstić information content (AvgIpc) is 2.19. The molecule has 1 aromatic carbocycles. The maximum absolute atomic E-state index is 5.68. The van der Waals surface area contributed by atoms with Gasteiger partial charge in [-0.2, -0.15) is 0 Å². The van der Waals surface area contributed by atoms with Crippen molar-refractivity contribution < 1.29 is 4.74 Å². The van der Waals surface area contributed by atoms with E-state index >= 15 is 0 Å². The first-order valence-electron chi connectivity index (χ1n) is 4.75. The molecule has 1 aliphatic heterocycles. The van der Waals surface area contributed by atoms with Gasteiger partial charge in [0.25, 0.3) is 0 Å². The third-order valence-corrected chi connectivity index (χ3v) is 2.40. The standard InChI is InChI=1S/C12H14O/c1-10-6-5-9-12(13-10)11-7-3-2-4-8-11/h2-4,7-8,12H,1,5-6,9H2/t12-/m1/s1. The lowest BCUT2D eigenvalue weighted by atomic mass is 10.0. The van der Waals surface area contributed by atoms with Crippen molar-refractivity contribution in [2.24, 2.45) is 0 Å². The number of hydrogen-bond acceptors (Lipinski definition) is 1. The maximum Gasteiger partial charge on any atom is 0.123 e. The molecular formula is C12H14O. The van der Waals surface area contributed by atoms with Gasteiger partial charge in [-0.3, -0.25) is 0 Å². The van der Waals surface area contributed by atoms with Crippen LogP contribution in [0.5, 0.6) is 0 Å². The summed E-state index contributed by atoms with van der Waals surface area (Å²) in [5.74, 6) is 0.931. The Morgan fingerprint density at radius 1 is 1.23 bits per heavy atom. The van der Waals surface area contributed by atoms with E-state index < -0.39 is 0 Å². The first-order chi connectivity index (χ1) is 6.36. The predicted molar refractivity (Wildman–Crippen MR) is 53.3 cm³/mol. The summed E-state index contributed by atoms with van der Waals surface area (Å²) in [5, 5.41) is 0. The van der Waals surface area contributed by atoms with E-state index in [0.29, 0.717) is 0 Å². The van der Waals surface area contributed by atoms with E-state index in [4.69, 9.17) is 4.74 Å². The smallest absolute Gasteiger partial charge is 0.123 e. The van der Waals surface area contributed by atoms with Crippen LogP contribution in [0.2, 0.25) is 0 Å². The van der Waals surface area contributed by atoms with Crippen molar-refractivity contribution in [2.45, 2.75) is 25.4 Å². The zero-order valence-corrected chi connectivity index (χ0v) is 7.70. The van der Waals surface area contributed by atoms with Crippen LogP contribution in [0.4, 0.5) is 0 Å². The van der Waals surface area contributed by atoms with E-state index in [9.17, 15) is 0 Å². The van der Waals surface area contributed by atoms with Gasteiger partial charge in [0.15, 0.2) is 0 Å². The molecule has 0 spiro atoms. The predicted octanol–water partition coefficient (Wildman–Crippen LogP) is 3.44. The van der Waals surface area contributed by atoms with Crippen LogP contribution in [0.15, 0.2) is 42.7 Å². The van der Waals surface area contributed by atoms with Crippen LogP contribution >= 0.6 is 0 Å². The minimum atomic E-state index is 0.238. The van der Waals surface area contributed by atoms with E-state index in [0.717, 1.165) is 18.6 Å². The maximum atomic E-state index is 5.68. The van der Waals surface area contributed by atoms with Gasteiger partial charge in [0.2, 0.25) is 0 Å². The molecule has 2 rings (SSSR count). The Hall–Kier alpha value is -1.24. The van der Waals surface area contributed by atoms with Crippen LogP contribution in [0.3, 0.4) is 0 Å². The van der Waals surface area contributed by atoms with Crippen molar-refractivity contribution in [3.63, 3.8) is 0 Å². The molecule has 1 saturated heterocycles. The lowest BCUT2D eigenvalue weighted by Gasteiger charge is -2.25. The number of hydrogen-bond donors (Lipinski definition) is 0. The summed E-state index contributed by atoms with van der Waals surface area (Å²) in [5.41, 5.74) is 1.27. The molecule has 0 radical (unpaired) electrons. The summed E-state index contributed by atoms with van der Waals surface area (Å²) in [6, 6.07) is 10.4. The second-order valence-electron chi connectivity index (χ2n) is 3.45. The molecular weight excluding hydrogens is 160 g/mol. The van der Waals surface area contributed by atoms with E-state index in [1.807, 2.05) is 6.07 Å². The van der Waals surface area contributed by atoms with Gasteiger partial charge in [0, 0.05) is 6.42 Å². The Morgan fingerprint density at radius 2 is 2.00 bits per heavy atom. The highest BCUT2D eigenvalue weighted by Gasteiger charge is 2.17. The van der Waals surface area contributed by atoms with Crippen LogP contribution in [0, 0.1) is 0 Å². The topological polar surface area (TPSA) is 9.23 Å². The highest BCUT2D eigenvalue weighted by atomic mass is 16.5. The van der Waals surface area contributed by atoms with E-state index in [1.165, 1.54) is 12.0 Å². The van der Waals surface area contributed by atoms with Gasteiger partial charge in [-0.15, -0.1) is 0 Å².